The Hall–Kier alpha value is -2.17. The summed E-state index contributed by atoms with van der Waals surface area (Å²) in [5.41, 5.74) is 3.06. The van der Waals surface area contributed by atoms with Crippen LogP contribution >= 0.6 is 0 Å². The van der Waals surface area contributed by atoms with Crippen molar-refractivity contribution >= 4 is 17.5 Å². The lowest BCUT2D eigenvalue weighted by Gasteiger charge is -2.11. The van der Waals surface area contributed by atoms with Gasteiger partial charge < -0.3 is 10.6 Å². The van der Waals surface area contributed by atoms with E-state index in [1.165, 1.54) is 0 Å². The molecule has 1 heterocycles. The molecule has 5 heteroatoms. The molecule has 0 aliphatic rings. The van der Waals surface area contributed by atoms with Crippen LogP contribution in [0, 0.1) is 19.7 Å². The van der Waals surface area contributed by atoms with Crippen molar-refractivity contribution in [3.8, 4) is 0 Å². The first kappa shape index (κ1) is 12.3. The molecule has 0 unspecified atom stereocenters. The maximum Gasteiger partial charge on any atom is 0.224 e. The van der Waals surface area contributed by atoms with Gasteiger partial charge in [0.15, 0.2) is 11.6 Å². The van der Waals surface area contributed by atoms with E-state index in [1.54, 1.807) is 7.05 Å². The Labute approximate surface area is 105 Å². The van der Waals surface area contributed by atoms with E-state index >= 15 is 0 Å². The molecule has 1 aromatic heterocycles. The SMILES string of the molecule is CNc1ncc(F)c(Nc2cccc(C)c2C)n1. The third-order valence-corrected chi connectivity index (χ3v) is 2.83. The Morgan fingerprint density at radius 3 is 2.72 bits per heavy atom. The minimum absolute atomic E-state index is 0.169. The fourth-order valence-corrected chi connectivity index (χ4v) is 1.59. The van der Waals surface area contributed by atoms with E-state index < -0.39 is 5.82 Å². The van der Waals surface area contributed by atoms with Gasteiger partial charge in [0.05, 0.1) is 6.20 Å². The van der Waals surface area contributed by atoms with Crippen molar-refractivity contribution in [3.63, 3.8) is 0 Å². The van der Waals surface area contributed by atoms with Crippen molar-refractivity contribution in [2.45, 2.75) is 13.8 Å². The minimum atomic E-state index is -0.477. The van der Waals surface area contributed by atoms with Gasteiger partial charge in [-0.25, -0.2) is 9.37 Å². The van der Waals surface area contributed by atoms with Gasteiger partial charge in [-0.2, -0.15) is 4.98 Å². The quantitative estimate of drug-likeness (QED) is 0.874. The maximum absolute atomic E-state index is 13.6. The van der Waals surface area contributed by atoms with E-state index in [4.69, 9.17) is 0 Å². The van der Waals surface area contributed by atoms with Crippen LogP contribution in [0.1, 0.15) is 11.1 Å². The molecule has 0 amide bonds. The van der Waals surface area contributed by atoms with Gasteiger partial charge in [-0.05, 0) is 31.0 Å². The number of halogens is 1. The summed E-state index contributed by atoms with van der Waals surface area (Å²) in [7, 11) is 1.69. The molecule has 0 aliphatic heterocycles. The average molecular weight is 246 g/mol. The first-order chi connectivity index (χ1) is 8.61. The van der Waals surface area contributed by atoms with E-state index in [9.17, 15) is 4.39 Å². The van der Waals surface area contributed by atoms with Gasteiger partial charge in [-0.15, -0.1) is 0 Å². The van der Waals surface area contributed by atoms with E-state index in [1.807, 2.05) is 32.0 Å². The maximum atomic E-state index is 13.6. The Morgan fingerprint density at radius 2 is 2.00 bits per heavy atom. The van der Waals surface area contributed by atoms with Crippen LogP contribution in [0.5, 0.6) is 0 Å². The van der Waals surface area contributed by atoms with Crippen molar-refractivity contribution in [1.82, 2.24) is 9.97 Å². The minimum Gasteiger partial charge on any atom is -0.357 e. The largest absolute Gasteiger partial charge is 0.357 e. The second kappa shape index (κ2) is 5.00. The van der Waals surface area contributed by atoms with Crippen molar-refractivity contribution in [1.29, 1.82) is 0 Å². The van der Waals surface area contributed by atoms with Crippen molar-refractivity contribution in [2.24, 2.45) is 0 Å². The number of rotatable bonds is 3. The summed E-state index contributed by atoms with van der Waals surface area (Å²) in [5.74, 6) is 0.0714. The van der Waals surface area contributed by atoms with Gasteiger partial charge in [0.25, 0.3) is 0 Å². The summed E-state index contributed by atoms with van der Waals surface area (Å²) in [5, 5.41) is 5.77. The zero-order valence-corrected chi connectivity index (χ0v) is 10.6. The number of aromatic nitrogens is 2. The zero-order valence-electron chi connectivity index (χ0n) is 10.6. The highest BCUT2D eigenvalue weighted by atomic mass is 19.1. The van der Waals surface area contributed by atoms with Crippen molar-refractivity contribution < 1.29 is 4.39 Å². The molecule has 0 bridgehead atoms. The lowest BCUT2D eigenvalue weighted by atomic mass is 10.1. The monoisotopic (exact) mass is 246 g/mol. The molecule has 0 saturated heterocycles. The van der Waals surface area contributed by atoms with Crippen molar-refractivity contribution in [3.05, 3.63) is 41.3 Å². The second-order valence-electron chi connectivity index (χ2n) is 4.01. The molecule has 0 radical (unpaired) electrons. The predicted molar refractivity (Wildman–Crippen MR) is 70.7 cm³/mol. The molecular formula is C13H15FN4. The van der Waals surface area contributed by atoms with E-state index in [0.29, 0.717) is 5.95 Å². The van der Waals surface area contributed by atoms with Crippen LogP contribution < -0.4 is 10.6 Å². The molecule has 1 aromatic carbocycles. The Balaban J connectivity index is 2.36. The van der Waals surface area contributed by atoms with Gasteiger partial charge in [0.1, 0.15) is 0 Å². The smallest absolute Gasteiger partial charge is 0.224 e. The van der Waals surface area contributed by atoms with Gasteiger partial charge >= 0.3 is 0 Å². The molecule has 0 saturated carbocycles. The van der Waals surface area contributed by atoms with Crippen LogP contribution in [0.2, 0.25) is 0 Å². The van der Waals surface area contributed by atoms with Crippen LogP contribution in [0.4, 0.5) is 21.8 Å². The fourth-order valence-electron chi connectivity index (χ4n) is 1.59. The standard InChI is InChI=1S/C13H15FN4/c1-8-5-4-6-11(9(8)2)17-12-10(14)7-16-13(15-3)18-12/h4-7H,1-3H3,(H2,15,16,17,18). The summed E-state index contributed by atoms with van der Waals surface area (Å²) in [6, 6.07) is 5.82. The number of nitrogens with zero attached hydrogens (tertiary/aromatic N) is 2. The molecule has 2 aromatic rings. The van der Waals surface area contributed by atoms with Gasteiger partial charge in [0.2, 0.25) is 5.95 Å². The Morgan fingerprint density at radius 1 is 1.22 bits per heavy atom. The molecule has 0 aliphatic carbocycles. The van der Waals surface area contributed by atoms with E-state index in [-0.39, 0.29) is 5.82 Å². The number of aryl methyl sites for hydroxylation is 1. The molecule has 0 atom stereocenters. The topological polar surface area (TPSA) is 49.8 Å². The number of anilines is 3. The summed E-state index contributed by atoms with van der Waals surface area (Å²) >= 11 is 0. The third-order valence-electron chi connectivity index (χ3n) is 2.83. The Kier molecular flexibility index (Phi) is 3.41. The second-order valence-corrected chi connectivity index (χ2v) is 4.01. The van der Waals surface area contributed by atoms with Crippen LogP contribution in [-0.2, 0) is 0 Å². The first-order valence-electron chi connectivity index (χ1n) is 5.65. The van der Waals surface area contributed by atoms with Gasteiger partial charge in [-0.3, -0.25) is 0 Å². The lowest BCUT2D eigenvalue weighted by molar-refractivity contribution is 0.619. The Bertz CT molecular complexity index is 569. The highest BCUT2D eigenvalue weighted by molar-refractivity contribution is 5.62. The van der Waals surface area contributed by atoms with Crippen LogP contribution in [0.25, 0.3) is 0 Å². The lowest BCUT2D eigenvalue weighted by Crippen LogP contribution is -2.04. The predicted octanol–water partition coefficient (Wildman–Crippen LogP) is 3.02. The summed E-state index contributed by atoms with van der Waals surface area (Å²) in [6.07, 6.45) is 1.15. The van der Waals surface area contributed by atoms with Gasteiger partial charge in [0, 0.05) is 12.7 Å². The summed E-state index contributed by atoms with van der Waals surface area (Å²) in [6.45, 7) is 3.99. The highest BCUT2D eigenvalue weighted by Gasteiger charge is 2.08. The molecule has 18 heavy (non-hydrogen) atoms. The highest BCUT2D eigenvalue weighted by Crippen LogP contribution is 2.23. The number of hydrogen-bond donors (Lipinski definition) is 2. The molecular weight excluding hydrogens is 231 g/mol. The molecule has 2 rings (SSSR count). The molecule has 0 spiro atoms. The molecule has 2 N–H and O–H groups in total. The molecule has 4 nitrogen and oxygen atoms in total. The number of nitrogens with one attached hydrogen (secondary N) is 2. The summed E-state index contributed by atoms with van der Waals surface area (Å²) < 4.78 is 13.6. The van der Waals surface area contributed by atoms with Crippen LogP contribution in [0.15, 0.2) is 24.4 Å². The first-order valence-corrected chi connectivity index (χ1v) is 5.65. The van der Waals surface area contributed by atoms with Crippen molar-refractivity contribution in [2.75, 3.05) is 17.7 Å². The normalized spacial score (nSPS) is 10.2. The number of hydrogen-bond acceptors (Lipinski definition) is 4. The van der Waals surface area contributed by atoms with Crippen LogP contribution in [0.3, 0.4) is 0 Å². The fraction of sp³-hybridized carbons (Fsp3) is 0.231. The molecule has 94 valence electrons. The number of benzene rings is 1. The molecule has 0 fully saturated rings. The summed E-state index contributed by atoms with van der Waals surface area (Å²) in [4.78, 5) is 7.85. The average Bonchev–Trinajstić information content (AvgIpc) is 2.37. The third kappa shape index (κ3) is 2.40. The van der Waals surface area contributed by atoms with E-state index in [2.05, 4.69) is 20.6 Å². The van der Waals surface area contributed by atoms with Gasteiger partial charge in [-0.1, -0.05) is 12.1 Å². The van der Waals surface area contributed by atoms with E-state index in [0.717, 1.165) is 23.0 Å². The zero-order chi connectivity index (χ0) is 13.1. The van der Waals surface area contributed by atoms with Crippen LogP contribution in [-0.4, -0.2) is 17.0 Å².